The molecule has 0 atom stereocenters. The summed E-state index contributed by atoms with van der Waals surface area (Å²) in [6.45, 7) is 0.615. The first-order valence-corrected chi connectivity index (χ1v) is 9.18. The van der Waals surface area contributed by atoms with Crippen molar-refractivity contribution < 1.29 is 13.5 Å². The van der Waals surface area contributed by atoms with Crippen LogP contribution in [0.1, 0.15) is 5.56 Å². The van der Waals surface area contributed by atoms with Gasteiger partial charge in [-0.15, -0.1) is 10.2 Å². The number of thioether (sulfide) groups is 1. The van der Waals surface area contributed by atoms with Gasteiger partial charge in [-0.05, 0) is 36.2 Å². The summed E-state index contributed by atoms with van der Waals surface area (Å²) in [5, 5.41) is 8.88. The molecular formula is C19H19F2N3OS. The van der Waals surface area contributed by atoms with Crippen LogP contribution in [0.4, 0.5) is 8.78 Å². The van der Waals surface area contributed by atoms with Gasteiger partial charge in [-0.1, -0.05) is 42.1 Å². The molecule has 136 valence electrons. The standard InChI is InChI=1S/C19H19F2N3OS/c1-25-16-9-7-15(8-10-16)18-22-23-19(26-13-17(20)21)24(18)12-11-14-5-3-2-4-6-14/h2-10,17H,11-13H2,1H3. The molecule has 0 bridgehead atoms. The second-order valence-corrected chi connectivity index (χ2v) is 6.61. The summed E-state index contributed by atoms with van der Waals surface area (Å²) in [7, 11) is 1.61. The summed E-state index contributed by atoms with van der Waals surface area (Å²) in [4.78, 5) is 0. The fourth-order valence-corrected chi connectivity index (χ4v) is 3.28. The Balaban J connectivity index is 1.87. The van der Waals surface area contributed by atoms with Crippen LogP contribution < -0.4 is 4.74 Å². The first kappa shape index (κ1) is 18.4. The third kappa shape index (κ3) is 4.60. The van der Waals surface area contributed by atoms with Crippen LogP contribution in [-0.4, -0.2) is 34.1 Å². The van der Waals surface area contributed by atoms with Gasteiger partial charge >= 0.3 is 0 Å². The lowest BCUT2D eigenvalue weighted by molar-refractivity contribution is 0.176. The molecule has 3 aromatic rings. The number of ether oxygens (including phenoxy) is 1. The minimum absolute atomic E-state index is 0.300. The zero-order chi connectivity index (χ0) is 18.4. The molecule has 0 unspecified atom stereocenters. The molecule has 3 rings (SSSR count). The Labute approximate surface area is 155 Å². The predicted molar refractivity (Wildman–Crippen MR) is 98.9 cm³/mol. The van der Waals surface area contributed by atoms with E-state index >= 15 is 0 Å². The summed E-state index contributed by atoms with van der Waals surface area (Å²) < 4.78 is 32.3. The van der Waals surface area contributed by atoms with E-state index in [1.807, 2.05) is 59.2 Å². The van der Waals surface area contributed by atoms with Crippen LogP contribution in [0.5, 0.6) is 5.75 Å². The molecule has 0 saturated heterocycles. The van der Waals surface area contributed by atoms with E-state index in [2.05, 4.69) is 10.2 Å². The Bertz CT molecular complexity index is 823. The smallest absolute Gasteiger partial charge is 0.248 e. The number of aromatic nitrogens is 3. The number of methoxy groups -OCH3 is 1. The normalized spacial score (nSPS) is 11.1. The van der Waals surface area contributed by atoms with Gasteiger partial charge in [0.05, 0.1) is 12.9 Å². The van der Waals surface area contributed by atoms with Crippen LogP contribution >= 0.6 is 11.8 Å². The second-order valence-electron chi connectivity index (χ2n) is 5.62. The Morgan fingerprint density at radius 1 is 1.04 bits per heavy atom. The highest BCUT2D eigenvalue weighted by Crippen LogP contribution is 2.26. The zero-order valence-corrected chi connectivity index (χ0v) is 15.1. The van der Waals surface area contributed by atoms with Gasteiger partial charge in [-0.25, -0.2) is 8.78 Å². The minimum atomic E-state index is -2.39. The summed E-state index contributed by atoms with van der Waals surface area (Å²) in [6.07, 6.45) is -1.62. The molecule has 1 heterocycles. The lowest BCUT2D eigenvalue weighted by Crippen LogP contribution is -2.06. The van der Waals surface area contributed by atoms with Gasteiger partial charge in [0.15, 0.2) is 11.0 Å². The van der Waals surface area contributed by atoms with E-state index in [1.165, 1.54) is 5.56 Å². The summed E-state index contributed by atoms with van der Waals surface area (Å²) in [5.74, 6) is 1.11. The third-order valence-corrected chi connectivity index (χ3v) is 4.85. The van der Waals surface area contributed by atoms with Crippen molar-refractivity contribution in [3.8, 4) is 17.1 Å². The van der Waals surface area contributed by atoms with E-state index in [0.717, 1.165) is 29.5 Å². The van der Waals surface area contributed by atoms with E-state index in [0.29, 0.717) is 17.5 Å². The summed E-state index contributed by atoms with van der Waals surface area (Å²) in [5.41, 5.74) is 2.04. The fraction of sp³-hybridized carbons (Fsp3) is 0.263. The van der Waals surface area contributed by atoms with Crippen LogP contribution in [0, 0.1) is 0 Å². The van der Waals surface area contributed by atoms with Crippen molar-refractivity contribution in [1.82, 2.24) is 14.8 Å². The molecular weight excluding hydrogens is 356 g/mol. The summed E-state index contributed by atoms with van der Waals surface area (Å²) >= 11 is 1.03. The monoisotopic (exact) mass is 375 g/mol. The highest BCUT2D eigenvalue weighted by atomic mass is 32.2. The van der Waals surface area contributed by atoms with Crippen LogP contribution in [-0.2, 0) is 13.0 Å². The zero-order valence-electron chi connectivity index (χ0n) is 14.3. The van der Waals surface area contributed by atoms with E-state index in [4.69, 9.17) is 4.74 Å². The van der Waals surface area contributed by atoms with Gasteiger partial charge in [0.25, 0.3) is 0 Å². The lowest BCUT2D eigenvalue weighted by atomic mass is 10.1. The van der Waals surface area contributed by atoms with Crippen molar-refractivity contribution in [2.45, 2.75) is 24.5 Å². The van der Waals surface area contributed by atoms with E-state index < -0.39 is 6.43 Å². The highest BCUT2D eigenvalue weighted by Gasteiger charge is 2.16. The number of hydrogen-bond donors (Lipinski definition) is 0. The number of benzene rings is 2. The molecule has 0 fully saturated rings. The van der Waals surface area contributed by atoms with Gasteiger partial charge in [0.2, 0.25) is 6.43 Å². The van der Waals surface area contributed by atoms with Crippen molar-refractivity contribution in [1.29, 1.82) is 0 Å². The molecule has 0 aliphatic rings. The number of rotatable bonds is 8. The maximum Gasteiger partial charge on any atom is 0.248 e. The molecule has 0 aliphatic heterocycles. The molecule has 26 heavy (non-hydrogen) atoms. The maximum absolute atomic E-state index is 12.6. The van der Waals surface area contributed by atoms with Crippen molar-refractivity contribution >= 4 is 11.8 Å². The molecule has 0 radical (unpaired) electrons. The topological polar surface area (TPSA) is 39.9 Å². The molecule has 0 saturated carbocycles. The van der Waals surface area contributed by atoms with Crippen LogP contribution in [0.2, 0.25) is 0 Å². The van der Waals surface area contributed by atoms with Crippen molar-refractivity contribution in [3.63, 3.8) is 0 Å². The SMILES string of the molecule is COc1ccc(-c2nnc(SCC(F)F)n2CCc2ccccc2)cc1. The number of nitrogens with zero attached hydrogens (tertiary/aromatic N) is 3. The van der Waals surface area contributed by atoms with Gasteiger partial charge in [0.1, 0.15) is 5.75 Å². The fourth-order valence-electron chi connectivity index (χ4n) is 2.57. The van der Waals surface area contributed by atoms with Crippen molar-refractivity contribution in [2.75, 3.05) is 12.9 Å². The second kappa shape index (κ2) is 8.80. The van der Waals surface area contributed by atoms with E-state index in [1.54, 1.807) is 7.11 Å². The average molecular weight is 375 g/mol. The van der Waals surface area contributed by atoms with Crippen LogP contribution in [0.15, 0.2) is 59.8 Å². The van der Waals surface area contributed by atoms with Crippen molar-refractivity contribution in [2.24, 2.45) is 0 Å². The minimum Gasteiger partial charge on any atom is -0.497 e. The van der Waals surface area contributed by atoms with Gasteiger partial charge < -0.3 is 9.30 Å². The largest absolute Gasteiger partial charge is 0.497 e. The molecule has 4 nitrogen and oxygen atoms in total. The molecule has 0 N–H and O–H groups in total. The number of aryl methyl sites for hydroxylation is 1. The van der Waals surface area contributed by atoms with E-state index in [9.17, 15) is 8.78 Å². The molecule has 7 heteroatoms. The number of halogens is 2. The van der Waals surface area contributed by atoms with E-state index in [-0.39, 0.29) is 5.75 Å². The lowest BCUT2D eigenvalue weighted by Gasteiger charge is -2.11. The van der Waals surface area contributed by atoms with Crippen molar-refractivity contribution in [3.05, 3.63) is 60.2 Å². The first-order valence-electron chi connectivity index (χ1n) is 8.20. The van der Waals surface area contributed by atoms with Gasteiger partial charge in [-0.2, -0.15) is 0 Å². The molecule has 2 aromatic carbocycles. The highest BCUT2D eigenvalue weighted by molar-refractivity contribution is 7.99. The van der Waals surface area contributed by atoms with Gasteiger partial charge in [0, 0.05) is 12.1 Å². The molecule has 0 spiro atoms. The third-order valence-electron chi connectivity index (χ3n) is 3.87. The summed E-state index contributed by atoms with van der Waals surface area (Å²) in [6, 6.07) is 17.5. The van der Waals surface area contributed by atoms with Crippen LogP contribution in [0.25, 0.3) is 11.4 Å². The Morgan fingerprint density at radius 3 is 2.42 bits per heavy atom. The first-order chi connectivity index (χ1) is 12.7. The molecule has 0 amide bonds. The Kier molecular flexibility index (Phi) is 6.22. The number of alkyl halides is 2. The maximum atomic E-state index is 12.6. The Morgan fingerprint density at radius 2 is 1.77 bits per heavy atom. The quantitative estimate of drug-likeness (QED) is 0.542. The average Bonchev–Trinajstić information content (AvgIpc) is 3.08. The Hall–Kier alpha value is -2.41. The molecule has 0 aliphatic carbocycles. The van der Waals surface area contributed by atoms with Gasteiger partial charge in [-0.3, -0.25) is 0 Å². The number of hydrogen-bond acceptors (Lipinski definition) is 4. The molecule has 1 aromatic heterocycles. The van der Waals surface area contributed by atoms with Crippen LogP contribution in [0.3, 0.4) is 0 Å². The predicted octanol–water partition coefficient (Wildman–Crippen LogP) is 4.55.